The zero-order valence-electron chi connectivity index (χ0n) is 11.8. The summed E-state index contributed by atoms with van der Waals surface area (Å²) in [5, 5.41) is 4.56. The van der Waals surface area contributed by atoms with Crippen LogP contribution in [0.1, 0.15) is 30.6 Å². The highest BCUT2D eigenvalue weighted by Gasteiger charge is 2.24. The zero-order chi connectivity index (χ0) is 15.6. The monoisotopic (exact) mass is 305 g/mol. The van der Waals surface area contributed by atoms with Crippen LogP contribution in [0.2, 0.25) is 5.15 Å². The minimum Gasteiger partial charge on any atom is -0.370 e. The van der Waals surface area contributed by atoms with E-state index in [2.05, 4.69) is 10.3 Å². The Labute approximate surface area is 127 Å². The van der Waals surface area contributed by atoms with Crippen LogP contribution in [-0.2, 0) is 4.79 Å². The lowest BCUT2D eigenvalue weighted by atomic mass is 9.99. The van der Waals surface area contributed by atoms with Gasteiger partial charge in [0.2, 0.25) is 5.91 Å². The third kappa shape index (κ3) is 3.49. The van der Waals surface area contributed by atoms with Crippen molar-refractivity contribution < 1.29 is 9.59 Å². The Morgan fingerprint density at radius 1 is 1.29 bits per heavy atom. The standard InChI is InChI=1S/C15H16ClN3O2/c1-15(2,7-12(17)20)19-14(21)11-8-18-13(16)10-6-4-3-5-9(10)11/h3-6,8H,7H2,1-2H3,(H2,17,20)(H,19,21). The Morgan fingerprint density at radius 2 is 1.90 bits per heavy atom. The number of nitrogens with two attached hydrogens (primary N) is 1. The second-order valence-electron chi connectivity index (χ2n) is 5.49. The maximum atomic E-state index is 12.4. The highest BCUT2D eigenvalue weighted by Crippen LogP contribution is 2.24. The molecule has 0 spiro atoms. The maximum Gasteiger partial charge on any atom is 0.253 e. The molecule has 0 aliphatic carbocycles. The van der Waals surface area contributed by atoms with Crippen LogP contribution in [0.25, 0.3) is 10.8 Å². The lowest BCUT2D eigenvalue weighted by Crippen LogP contribution is -2.46. The first-order valence-corrected chi connectivity index (χ1v) is 6.82. The van der Waals surface area contributed by atoms with Crippen molar-refractivity contribution >= 4 is 34.2 Å². The first-order chi connectivity index (χ1) is 9.80. The number of carbonyl (C=O) groups excluding carboxylic acids is 2. The van der Waals surface area contributed by atoms with Gasteiger partial charge in [0, 0.05) is 23.5 Å². The van der Waals surface area contributed by atoms with E-state index in [4.69, 9.17) is 17.3 Å². The normalized spacial score (nSPS) is 11.4. The van der Waals surface area contributed by atoms with Crippen LogP contribution in [-0.4, -0.2) is 22.3 Å². The molecule has 0 saturated carbocycles. The Hall–Kier alpha value is -2.14. The molecule has 21 heavy (non-hydrogen) atoms. The minimum atomic E-state index is -0.732. The molecule has 1 aromatic carbocycles. The minimum absolute atomic E-state index is 0.0533. The average Bonchev–Trinajstić information content (AvgIpc) is 2.37. The van der Waals surface area contributed by atoms with Crippen LogP contribution in [0.4, 0.5) is 0 Å². The second kappa shape index (κ2) is 5.69. The van der Waals surface area contributed by atoms with E-state index >= 15 is 0 Å². The number of fused-ring (bicyclic) bond motifs is 1. The molecule has 3 N–H and O–H groups in total. The number of nitrogens with one attached hydrogen (secondary N) is 1. The number of hydrogen-bond donors (Lipinski definition) is 2. The van der Waals surface area contributed by atoms with Crippen LogP contribution in [0.15, 0.2) is 30.5 Å². The summed E-state index contributed by atoms with van der Waals surface area (Å²) in [7, 11) is 0. The van der Waals surface area contributed by atoms with E-state index in [1.54, 1.807) is 26.0 Å². The Kier molecular flexibility index (Phi) is 4.14. The van der Waals surface area contributed by atoms with Crippen LogP contribution in [0.3, 0.4) is 0 Å². The van der Waals surface area contributed by atoms with Crippen molar-refractivity contribution in [3.8, 4) is 0 Å². The van der Waals surface area contributed by atoms with Gasteiger partial charge < -0.3 is 11.1 Å². The van der Waals surface area contributed by atoms with Gasteiger partial charge in [-0.1, -0.05) is 35.9 Å². The topological polar surface area (TPSA) is 85.1 Å². The molecule has 2 rings (SSSR count). The van der Waals surface area contributed by atoms with Gasteiger partial charge in [-0.2, -0.15) is 0 Å². The molecular weight excluding hydrogens is 290 g/mol. The Morgan fingerprint density at radius 3 is 2.52 bits per heavy atom. The first-order valence-electron chi connectivity index (χ1n) is 6.44. The van der Waals surface area contributed by atoms with Crippen LogP contribution in [0, 0.1) is 0 Å². The SMILES string of the molecule is CC(C)(CC(N)=O)NC(=O)c1cnc(Cl)c2ccccc12. The van der Waals surface area contributed by atoms with Crippen molar-refractivity contribution in [2.45, 2.75) is 25.8 Å². The van der Waals surface area contributed by atoms with Gasteiger partial charge in [0.25, 0.3) is 5.91 Å². The fraction of sp³-hybridized carbons (Fsp3) is 0.267. The number of primary amides is 1. The van der Waals surface area contributed by atoms with Crippen molar-refractivity contribution in [3.05, 3.63) is 41.2 Å². The highest BCUT2D eigenvalue weighted by atomic mass is 35.5. The van der Waals surface area contributed by atoms with Crippen molar-refractivity contribution in [3.63, 3.8) is 0 Å². The lowest BCUT2D eigenvalue weighted by molar-refractivity contribution is -0.119. The van der Waals surface area contributed by atoms with Gasteiger partial charge >= 0.3 is 0 Å². The molecule has 2 aromatic rings. The van der Waals surface area contributed by atoms with Crippen LogP contribution in [0.5, 0.6) is 0 Å². The van der Waals surface area contributed by atoms with E-state index in [1.165, 1.54) is 6.20 Å². The molecule has 0 aliphatic rings. The number of nitrogens with zero attached hydrogens (tertiary/aromatic N) is 1. The molecule has 0 aliphatic heterocycles. The van der Waals surface area contributed by atoms with Crippen molar-refractivity contribution in [2.75, 3.05) is 0 Å². The summed E-state index contributed by atoms with van der Waals surface area (Å²) in [6.07, 6.45) is 1.48. The van der Waals surface area contributed by atoms with E-state index in [9.17, 15) is 9.59 Å². The second-order valence-corrected chi connectivity index (χ2v) is 5.85. The molecule has 1 aromatic heterocycles. The quantitative estimate of drug-likeness (QED) is 0.850. The van der Waals surface area contributed by atoms with Gasteiger partial charge in [0.1, 0.15) is 5.15 Å². The molecular formula is C15H16ClN3O2. The predicted octanol–water partition coefficient (Wildman–Crippen LogP) is 2.27. The van der Waals surface area contributed by atoms with E-state index in [0.717, 1.165) is 0 Å². The number of carbonyl (C=O) groups is 2. The lowest BCUT2D eigenvalue weighted by Gasteiger charge is -2.25. The third-order valence-electron chi connectivity index (χ3n) is 3.06. The van der Waals surface area contributed by atoms with E-state index in [0.29, 0.717) is 21.5 Å². The predicted molar refractivity (Wildman–Crippen MR) is 82.1 cm³/mol. The molecule has 0 saturated heterocycles. The number of halogens is 1. The number of aromatic nitrogens is 1. The van der Waals surface area contributed by atoms with Crippen LogP contribution < -0.4 is 11.1 Å². The van der Waals surface area contributed by atoms with Gasteiger partial charge in [-0.05, 0) is 19.2 Å². The van der Waals surface area contributed by atoms with Gasteiger partial charge in [0.15, 0.2) is 0 Å². The zero-order valence-corrected chi connectivity index (χ0v) is 12.6. The summed E-state index contributed by atoms with van der Waals surface area (Å²) in [5.74, 6) is -0.791. The number of hydrogen-bond acceptors (Lipinski definition) is 3. The average molecular weight is 306 g/mol. The summed E-state index contributed by atoms with van der Waals surface area (Å²) in [4.78, 5) is 27.5. The summed E-state index contributed by atoms with van der Waals surface area (Å²) >= 11 is 6.03. The van der Waals surface area contributed by atoms with Crippen molar-refractivity contribution in [2.24, 2.45) is 5.73 Å². The largest absolute Gasteiger partial charge is 0.370 e. The molecule has 5 nitrogen and oxygen atoms in total. The van der Waals surface area contributed by atoms with E-state index < -0.39 is 11.4 Å². The Bertz CT molecular complexity index is 713. The molecule has 0 atom stereocenters. The van der Waals surface area contributed by atoms with Crippen molar-refractivity contribution in [1.82, 2.24) is 10.3 Å². The molecule has 1 heterocycles. The molecule has 0 radical (unpaired) electrons. The molecule has 2 amide bonds. The molecule has 110 valence electrons. The fourth-order valence-corrected chi connectivity index (χ4v) is 2.41. The third-order valence-corrected chi connectivity index (χ3v) is 3.36. The van der Waals surface area contributed by atoms with Gasteiger partial charge in [-0.25, -0.2) is 4.98 Å². The van der Waals surface area contributed by atoms with E-state index in [-0.39, 0.29) is 12.3 Å². The molecule has 0 bridgehead atoms. The van der Waals surface area contributed by atoms with Gasteiger partial charge in [-0.3, -0.25) is 9.59 Å². The van der Waals surface area contributed by atoms with E-state index in [1.807, 2.05) is 12.1 Å². The molecule has 6 heteroatoms. The molecule has 0 unspecified atom stereocenters. The summed E-state index contributed by atoms with van der Waals surface area (Å²) in [6, 6.07) is 7.26. The van der Waals surface area contributed by atoms with Gasteiger partial charge in [-0.15, -0.1) is 0 Å². The van der Waals surface area contributed by atoms with Crippen LogP contribution >= 0.6 is 11.6 Å². The van der Waals surface area contributed by atoms with Gasteiger partial charge in [0.05, 0.1) is 5.56 Å². The number of rotatable bonds is 4. The molecule has 0 fully saturated rings. The highest BCUT2D eigenvalue weighted by molar-refractivity contribution is 6.34. The number of amides is 2. The first kappa shape index (κ1) is 15.3. The summed E-state index contributed by atoms with van der Waals surface area (Å²) in [5.41, 5.74) is 4.86. The number of pyridine rings is 1. The Balaban J connectivity index is 2.37. The summed E-state index contributed by atoms with van der Waals surface area (Å²) < 4.78 is 0. The fourth-order valence-electron chi connectivity index (χ4n) is 2.19. The van der Waals surface area contributed by atoms with Crippen molar-refractivity contribution in [1.29, 1.82) is 0 Å². The maximum absolute atomic E-state index is 12.4. The number of benzene rings is 1. The smallest absolute Gasteiger partial charge is 0.253 e. The summed E-state index contributed by atoms with van der Waals surface area (Å²) in [6.45, 7) is 3.47.